The Bertz CT molecular complexity index is 758. The Labute approximate surface area is 171 Å². The van der Waals surface area contributed by atoms with Gasteiger partial charge in [0.2, 0.25) is 0 Å². The van der Waals surface area contributed by atoms with Crippen molar-refractivity contribution >= 4 is 34.0 Å². The van der Waals surface area contributed by atoms with E-state index in [9.17, 15) is 0 Å². The van der Waals surface area contributed by atoms with E-state index in [2.05, 4.69) is 22.2 Å². The summed E-state index contributed by atoms with van der Waals surface area (Å²) in [5, 5.41) is 4.82. The standard InChI is InChI=1S/C15H11ClN3.H2O.V.Y/c1-10-4-2-3-5-13(10)19-15-12-8-11(16)6-7-14(12)17-9-18-15;;;/h2-9H,1H2,(H,17,18,19);1H2;;/q-1;;;. The summed E-state index contributed by atoms with van der Waals surface area (Å²) < 4.78 is 0. The average Bonchev–Trinajstić information content (AvgIpc) is 2.42. The number of nitrogens with one attached hydrogen (secondary N) is 1. The molecule has 3 rings (SSSR count). The first kappa shape index (κ1) is 21.4. The molecule has 3 N–H and O–H groups in total. The number of aromatic nitrogens is 2. The molecule has 1 heterocycles. The molecule has 0 fully saturated rings. The summed E-state index contributed by atoms with van der Waals surface area (Å²) in [6, 6.07) is 13.3. The summed E-state index contributed by atoms with van der Waals surface area (Å²) in [6.07, 6.45) is 1.53. The number of rotatable bonds is 2. The van der Waals surface area contributed by atoms with Gasteiger partial charge in [-0.2, -0.15) is 18.6 Å². The first-order chi connectivity index (χ1) is 9.24. The van der Waals surface area contributed by atoms with E-state index in [1.807, 2.05) is 42.5 Å². The Kier molecular flexibility index (Phi) is 9.25. The van der Waals surface area contributed by atoms with E-state index < -0.39 is 0 Å². The van der Waals surface area contributed by atoms with Gasteiger partial charge in [-0.3, -0.25) is 0 Å². The number of para-hydroxylation sites is 1. The van der Waals surface area contributed by atoms with E-state index in [1.54, 1.807) is 0 Å². The van der Waals surface area contributed by atoms with Crippen LogP contribution in [0.25, 0.3) is 10.9 Å². The molecule has 0 atom stereocenters. The minimum Gasteiger partial charge on any atom is -0.412 e. The molecule has 2 aromatic carbocycles. The summed E-state index contributed by atoms with van der Waals surface area (Å²) in [5.41, 5.74) is 2.68. The fourth-order valence-electron chi connectivity index (χ4n) is 1.90. The second-order valence-electron chi connectivity index (χ2n) is 4.17. The average molecular weight is 427 g/mol. The second-order valence-corrected chi connectivity index (χ2v) is 4.60. The van der Waals surface area contributed by atoms with Gasteiger partial charge in [0.25, 0.3) is 0 Å². The predicted octanol–water partition coefficient (Wildman–Crippen LogP) is 3.38. The van der Waals surface area contributed by atoms with E-state index >= 15 is 0 Å². The Hall–Kier alpha value is -0.612. The number of anilines is 2. The third-order valence-electron chi connectivity index (χ3n) is 2.87. The molecule has 0 spiro atoms. The predicted molar refractivity (Wildman–Crippen MR) is 82.3 cm³/mol. The normalized spacial score (nSPS) is 9.14. The second kappa shape index (κ2) is 9.51. The van der Waals surface area contributed by atoms with Crippen molar-refractivity contribution in [2.24, 2.45) is 0 Å². The smallest absolute Gasteiger partial charge is 0.130 e. The van der Waals surface area contributed by atoms with Gasteiger partial charge in [0, 0.05) is 61.7 Å². The SMILES string of the molecule is O.[CH2-]c1ccccc1Nc1ncnc2ccc(Cl)cc12.[V].[Y]. The number of hydrogen-bond acceptors (Lipinski definition) is 3. The largest absolute Gasteiger partial charge is 0.412 e. The van der Waals surface area contributed by atoms with Crippen molar-refractivity contribution in [1.29, 1.82) is 0 Å². The van der Waals surface area contributed by atoms with E-state index in [0.29, 0.717) is 5.02 Å². The van der Waals surface area contributed by atoms with Crippen LogP contribution in [-0.2, 0) is 51.3 Å². The molecule has 0 unspecified atom stereocenters. The minimum absolute atomic E-state index is 0. The first-order valence-corrected chi connectivity index (χ1v) is 6.20. The van der Waals surface area contributed by atoms with Gasteiger partial charge < -0.3 is 10.8 Å². The molecule has 0 aliphatic heterocycles. The fraction of sp³-hybridized carbons (Fsp3) is 0. The molecule has 0 saturated carbocycles. The minimum atomic E-state index is 0. The maximum absolute atomic E-state index is 6.03. The summed E-state index contributed by atoms with van der Waals surface area (Å²) in [7, 11) is 0. The van der Waals surface area contributed by atoms with Crippen LogP contribution in [0.2, 0.25) is 5.02 Å². The van der Waals surface area contributed by atoms with Gasteiger partial charge >= 0.3 is 0 Å². The van der Waals surface area contributed by atoms with Gasteiger partial charge in [-0.25, -0.2) is 9.97 Å². The Morgan fingerprint density at radius 1 is 1.05 bits per heavy atom. The molecule has 0 aliphatic carbocycles. The molecule has 0 bridgehead atoms. The van der Waals surface area contributed by atoms with Crippen molar-refractivity contribution in [2.45, 2.75) is 0 Å². The molecular formula is C15H13ClN3OVY-. The molecule has 0 amide bonds. The van der Waals surface area contributed by atoms with E-state index in [-0.39, 0.29) is 56.7 Å². The molecule has 110 valence electrons. The Balaban J connectivity index is 0.00000147. The summed E-state index contributed by atoms with van der Waals surface area (Å²) in [5.74, 6) is 0.726. The van der Waals surface area contributed by atoms with Crippen molar-refractivity contribution in [2.75, 3.05) is 5.32 Å². The fourth-order valence-corrected chi connectivity index (χ4v) is 2.07. The zero-order valence-corrected chi connectivity index (χ0v) is 16.6. The van der Waals surface area contributed by atoms with Crippen molar-refractivity contribution < 1.29 is 56.7 Å². The Morgan fingerprint density at radius 3 is 2.50 bits per heavy atom. The molecule has 22 heavy (non-hydrogen) atoms. The van der Waals surface area contributed by atoms with Crippen LogP contribution in [0.5, 0.6) is 0 Å². The molecule has 4 nitrogen and oxygen atoms in total. The van der Waals surface area contributed by atoms with Crippen molar-refractivity contribution in [1.82, 2.24) is 9.97 Å². The number of benzene rings is 2. The van der Waals surface area contributed by atoms with Crippen molar-refractivity contribution in [3.05, 3.63) is 66.3 Å². The molecule has 7 heteroatoms. The van der Waals surface area contributed by atoms with Crippen LogP contribution in [0, 0.1) is 6.92 Å². The number of fused-ring (bicyclic) bond motifs is 1. The molecule has 2 radical (unpaired) electrons. The summed E-state index contributed by atoms with van der Waals surface area (Å²) in [4.78, 5) is 8.50. The number of halogens is 1. The topological polar surface area (TPSA) is 69.3 Å². The number of hydrogen-bond donors (Lipinski definition) is 1. The molecule has 3 aromatic rings. The zero-order valence-electron chi connectivity index (χ0n) is 11.6. The van der Waals surface area contributed by atoms with Crippen LogP contribution >= 0.6 is 11.6 Å². The van der Waals surface area contributed by atoms with Crippen molar-refractivity contribution in [3.63, 3.8) is 0 Å². The Morgan fingerprint density at radius 2 is 1.77 bits per heavy atom. The number of nitrogens with zero attached hydrogens (tertiary/aromatic N) is 2. The van der Waals surface area contributed by atoms with E-state index in [4.69, 9.17) is 11.6 Å². The quantitative estimate of drug-likeness (QED) is 0.639. The first-order valence-electron chi connectivity index (χ1n) is 5.82. The molecular weight excluding hydrogens is 413 g/mol. The molecule has 0 saturated heterocycles. The van der Waals surface area contributed by atoms with Crippen LogP contribution < -0.4 is 5.32 Å². The molecule has 0 aliphatic rings. The van der Waals surface area contributed by atoms with Crippen LogP contribution in [0.15, 0.2) is 48.8 Å². The van der Waals surface area contributed by atoms with Crippen LogP contribution in [-0.4, -0.2) is 15.4 Å². The van der Waals surface area contributed by atoms with Crippen LogP contribution in [0.4, 0.5) is 11.5 Å². The zero-order chi connectivity index (χ0) is 13.2. The summed E-state index contributed by atoms with van der Waals surface area (Å²) in [6.45, 7) is 3.98. The van der Waals surface area contributed by atoms with Gasteiger partial charge in [-0.15, -0.1) is 6.07 Å². The van der Waals surface area contributed by atoms with Crippen molar-refractivity contribution in [3.8, 4) is 0 Å². The third kappa shape index (κ3) is 4.69. The van der Waals surface area contributed by atoms with Gasteiger partial charge in [0.1, 0.15) is 12.1 Å². The van der Waals surface area contributed by atoms with E-state index in [0.717, 1.165) is 28.0 Å². The van der Waals surface area contributed by atoms with Gasteiger partial charge in [0.05, 0.1) is 5.52 Å². The monoisotopic (exact) mass is 426 g/mol. The van der Waals surface area contributed by atoms with Crippen LogP contribution in [0.3, 0.4) is 0 Å². The maximum atomic E-state index is 6.03. The molecule has 1 aromatic heterocycles. The summed E-state index contributed by atoms with van der Waals surface area (Å²) >= 11 is 6.03. The van der Waals surface area contributed by atoms with Crippen LogP contribution in [0.1, 0.15) is 5.56 Å². The third-order valence-corrected chi connectivity index (χ3v) is 3.10. The van der Waals surface area contributed by atoms with Gasteiger partial charge in [-0.1, -0.05) is 29.4 Å². The van der Waals surface area contributed by atoms with E-state index in [1.165, 1.54) is 6.33 Å². The van der Waals surface area contributed by atoms with Gasteiger partial charge in [-0.05, 0) is 18.2 Å². The maximum Gasteiger partial charge on any atom is 0.130 e. The van der Waals surface area contributed by atoms with Gasteiger partial charge in [0.15, 0.2) is 0 Å².